The summed E-state index contributed by atoms with van der Waals surface area (Å²) >= 11 is 0. The molecule has 2 aromatic carbocycles. The first-order chi connectivity index (χ1) is 13.7. The van der Waals surface area contributed by atoms with Gasteiger partial charge in [0.25, 0.3) is 0 Å². The van der Waals surface area contributed by atoms with Crippen molar-refractivity contribution < 1.29 is 9.90 Å². The van der Waals surface area contributed by atoms with Gasteiger partial charge in [0, 0.05) is 18.2 Å². The highest BCUT2D eigenvalue weighted by Gasteiger charge is 2.29. The molecule has 1 heterocycles. The fraction of sp³-hybridized carbons (Fsp3) is 0.458. The number of amides is 1. The number of hydrogen-bond donors (Lipinski definition) is 2. The van der Waals surface area contributed by atoms with Crippen molar-refractivity contribution in [2.75, 3.05) is 25.0 Å². The highest BCUT2D eigenvalue weighted by atomic mass is 16.3. The number of carbonyl (C=O) groups is 1. The minimum absolute atomic E-state index is 0.170. The van der Waals surface area contributed by atoms with E-state index in [0.29, 0.717) is 5.92 Å². The maximum atomic E-state index is 12.0. The third-order valence-electron chi connectivity index (χ3n) is 6.06. The third-order valence-corrected chi connectivity index (χ3v) is 6.06. The molecular formula is C24H30N2O2. The molecule has 0 bridgehead atoms. The summed E-state index contributed by atoms with van der Waals surface area (Å²) in [6.07, 6.45) is 4.71. The van der Waals surface area contributed by atoms with Gasteiger partial charge in [0.05, 0.1) is 6.10 Å². The van der Waals surface area contributed by atoms with Crippen molar-refractivity contribution >= 4 is 11.6 Å². The maximum absolute atomic E-state index is 12.0. The first-order valence-electron chi connectivity index (χ1n) is 10.6. The number of hydrogen-bond acceptors (Lipinski definition) is 3. The molecule has 1 saturated heterocycles. The van der Waals surface area contributed by atoms with Gasteiger partial charge in [-0.05, 0) is 74.4 Å². The summed E-state index contributed by atoms with van der Waals surface area (Å²) in [4.78, 5) is 14.5. The fourth-order valence-corrected chi connectivity index (χ4v) is 4.10. The lowest BCUT2D eigenvalue weighted by atomic mass is 9.89. The number of nitrogens with zero attached hydrogens (tertiary/aromatic N) is 1. The second-order valence-electron chi connectivity index (χ2n) is 8.22. The van der Waals surface area contributed by atoms with Crippen molar-refractivity contribution in [3.63, 3.8) is 0 Å². The number of aliphatic hydroxyl groups is 1. The Bertz CT molecular complexity index is 780. The molecule has 28 heavy (non-hydrogen) atoms. The molecule has 2 N–H and O–H groups in total. The monoisotopic (exact) mass is 378 g/mol. The van der Waals surface area contributed by atoms with E-state index in [9.17, 15) is 9.90 Å². The Kier molecular flexibility index (Phi) is 6.08. The highest BCUT2D eigenvalue weighted by Crippen LogP contribution is 2.32. The van der Waals surface area contributed by atoms with E-state index in [1.54, 1.807) is 0 Å². The van der Waals surface area contributed by atoms with Gasteiger partial charge in [0.15, 0.2) is 0 Å². The summed E-state index contributed by atoms with van der Waals surface area (Å²) in [5.74, 6) is 0.954. The highest BCUT2D eigenvalue weighted by molar-refractivity contribution is 5.94. The lowest BCUT2D eigenvalue weighted by Crippen LogP contribution is -2.34. The van der Waals surface area contributed by atoms with E-state index < -0.39 is 0 Å². The van der Waals surface area contributed by atoms with E-state index >= 15 is 0 Å². The zero-order valence-electron chi connectivity index (χ0n) is 16.4. The minimum atomic E-state index is -0.384. The van der Waals surface area contributed by atoms with Crippen LogP contribution in [0.2, 0.25) is 0 Å². The molecule has 0 radical (unpaired) electrons. The molecule has 0 spiro atoms. The number of piperidine rings is 1. The molecule has 1 amide bonds. The van der Waals surface area contributed by atoms with Gasteiger partial charge in [-0.3, -0.25) is 4.79 Å². The largest absolute Gasteiger partial charge is 0.388 e. The van der Waals surface area contributed by atoms with Gasteiger partial charge in [-0.25, -0.2) is 0 Å². The number of rotatable bonds is 7. The van der Waals surface area contributed by atoms with Crippen LogP contribution in [0.5, 0.6) is 0 Å². The summed E-state index contributed by atoms with van der Waals surface area (Å²) in [6, 6.07) is 18.3. The average Bonchev–Trinajstić information content (AvgIpc) is 3.59. The number of nitrogens with one attached hydrogen (secondary N) is 1. The molecular weight excluding hydrogens is 348 g/mol. The second kappa shape index (κ2) is 8.89. The molecule has 148 valence electrons. The Morgan fingerprint density at radius 3 is 2.50 bits per heavy atom. The molecule has 1 aliphatic heterocycles. The van der Waals surface area contributed by atoms with Gasteiger partial charge >= 0.3 is 0 Å². The molecule has 2 fully saturated rings. The molecule has 0 aromatic heterocycles. The summed E-state index contributed by atoms with van der Waals surface area (Å²) in [6.45, 7) is 3.05. The molecule has 1 saturated carbocycles. The number of carbonyl (C=O) groups excluding carboxylic acids is 1. The first-order valence-corrected chi connectivity index (χ1v) is 10.6. The van der Waals surface area contributed by atoms with Crippen molar-refractivity contribution in [3.8, 4) is 0 Å². The minimum Gasteiger partial charge on any atom is -0.388 e. The summed E-state index contributed by atoms with van der Waals surface area (Å²) < 4.78 is 0. The van der Waals surface area contributed by atoms with Crippen molar-refractivity contribution in [1.29, 1.82) is 0 Å². The summed E-state index contributed by atoms with van der Waals surface area (Å²) in [5.41, 5.74) is 3.27. The second-order valence-corrected chi connectivity index (χ2v) is 8.22. The van der Waals surface area contributed by atoms with Gasteiger partial charge in [0.1, 0.15) is 0 Å². The van der Waals surface area contributed by atoms with Gasteiger partial charge in [-0.15, -0.1) is 0 Å². The summed E-state index contributed by atoms with van der Waals surface area (Å²) in [7, 11) is 0. The number of anilines is 1. The van der Waals surface area contributed by atoms with E-state index in [-0.39, 0.29) is 17.9 Å². The number of benzene rings is 2. The van der Waals surface area contributed by atoms with Gasteiger partial charge in [-0.2, -0.15) is 0 Å². The van der Waals surface area contributed by atoms with E-state index in [0.717, 1.165) is 63.0 Å². The van der Waals surface area contributed by atoms with Gasteiger partial charge in [-0.1, -0.05) is 42.5 Å². The van der Waals surface area contributed by atoms with E-state index in [4.69, 9.17) is 0 Å². The van der Waals surface area contributed by atoms with Crippen LogP contribution in [-0.2, 0) is 4.79 Å². The average molecular weight is 379 g/mol. The van der Waals surface area contributed by atoms with E-state index in [1.807, 2.05) is 36.4 Å². The van der Waals surface area contributed by atoms with Crippen LogP contribution < -0.4 is 5.32 Å². The van der Waals surface area contributed by atoms with Crippen molar-refractivity contribution in [2.24, 2.45) is 5.92 Å². The molecule has 4 rings (SSSR count). The molecule has 4 nitrogen and oxygen atoms in total. The Hall–Kier alpha value is -2.17. The van der Waals surface area contributed by atoms with Crippen molar-refractivity contribution in [1.82, 2.24) is 4.90 Å². The van der Waals surface area contributed by atoms with Crippen LogP contribution in [0.15, 0.2) is 54.6 Å². The molecule has 1 aliphatic carbocycles. The lowest BCUT2D eigenvalue weighted by Gasteiger charge is -2.32. The van der Waals surface area contributed by atoms with Gasteiger partial charge < -0.3 is 15.3 Å². The smallest absolute Gasteiger partial charge is 0.227 e. The number of likely N-dealkylation sites (tertiary alicyclic amines) is 1. The Balaban J connectivity index is 1.25. The summed E-state index contributed by atoms with van der Waals surface area (Å²) in [5, 5.41) is 13.4. The topological polar surface area (TPSA) is 52.6 Å². The standard InChI is InChI=1S/C24H30N2O2/c27-23(19-5-2-1-3-6-19)13-16-26-14-11-18(12-15-26)21-7-4-8-22(17-21)25-24(28)20-9-10-20/h1-8,17-18,20,23,27H,9-16H2,(H,25,28)/t23-/m1/s1. The van der Waals surface area contributed by atoms with Crippen LogP contribution in [0.25, 0.3) is 0 Å². The van der Waals surface area contributed by atoms with Crippen molar-refractivity contribution in [3.05, 3.63) is 65.7 Å². The third kappa shape index (κ3) is 5.00. The maximum Gasteiger partial charge on any atom is 0.227 e. The lowest BCUT2D eigenvalue weighted by molar-refractivity contribution is -0.117. The normalized spacial score (nSPS) is 19.3. The number of aliphatic hydroxyl groups excluding tert-OH is 1. The zero-order chi connectivity index (χ0) is 19.3. The Morgan fingerprint density at radius 2 is 1.79 bits per heavy atom. The van der Waals surface area contributed by atoms with Crippen LogP contribution in [-0.4, -0.2) is 35.5 Å². The first kappa shape index (κ1) is 19.2. The fourth-order valence-electron chi connectivity index (χ4n) is 4.10. The van der Waals surface area contributed by atoms with Crippen LogP contribution in [0.3, 0.4) is 0 Å². The molecule has 2 aromatic rings. The van der Waals surface area contributed by atoms with Crippen LogP contribution >= 0.6 is 0 Å². The van der Waals surface area contributed by atoms with E-state index in [1.165, 1.54) is 5.56 Å². The van der Waals surface area contributed by atoms with Crippen molar-refractivity contribution in [2.45, 2.75) is 44.1 Å². The SMILES string of the molecule is O=C(Nc1cccc(C2CCN(CC[C@@H](O)c3ccccc3)CC2)c1)C1CC1. The van der Waals surface area contributed by atoms with Crippen LogP contribution in [0, 0.1) is 5.92 Å². The van der Waals surface area contributed by atoms with E-state index in [2.05, 4.69) is 28.4 Å². The van der Waals surface area contributed by atoms with Crippen LogP contribution in [0.4, 0.5) is 5.69 Å². The predicted octanol–water partition coefficient (Wildman–Crippen LogP) is 4.34. The zero-order valence-corrected chi connectivity index (χ0v) is 16.4. The molecule has 4 heteroatoms. The van der Waals surface area contributed by atoms with Crippen LogP contribution in [0.1, 0.15) is 55.3 Å². The Morgan fingerprint density at radius 1 is 1.04 bits per heavy atom. The Labute approximate surface area is 167 Å². The molecule has 0 unspecified atom stereocenters. The van der Waals surface area contributed by atoms with Gasteiger partial charge in [0.2, 0.25) is 5.91 Å². The predicted molar refractivity (Wildman–Crippen MR) is 112 cm³/mol. The molecule has 1 atom stereocenters. The molecule has 2 aliphatic rings. The quantitative estimate of drug-likeness (QED) is 0.754.